The van der Waals surface area contributed by atoms with E-state index in [1.54, 1.807) is 0 Å². The van der Waals surface area contributed by atoms with Crippen LogP contribution in [-0.2, 0) is 4.74 Å². The Kier molecular flexibility index (Phi) is 2.72. The van der Waals surface area contributed by atoms with Crippen LogP contribution in [0.1, 0.15) is 49.8 Å². The summed E-state index contributed by atoms with van der Waals surface area (Å²) in [5.41, 5.74) is 3.07. The van der Waals surface area contributed by atoms with Crippen LogP contribution in [0, 0.1) is 0 Å². The molecule has 0 bridgehead atoms. The zero-order valence-electron chi connectivity index (χ0n) is 10.7. The summed E-state index contributed by atoms with van der Waals surface area (Å²) in [7, 11) is 0. The molecule has 1 heterocycles. The largest absolute Gasteiger partial charge is 0.372 e. The molecule has 0 amide bonds. The van der Waals surface area contributed by atoms with Crippen LogP contribution in [0.2, 0.25) is 0 Å². The highest BCUT2D eigenvalue weighted by molar-refractivity contribution is 5.33. The van der Waals surface area contributed by atoms with Crippen LogP contribution in [0.15, 0.2) is 24.3 Å². The summed E-state index contributed by atoms with van der Waals surface area (Å²) in [6, 6.07) is 9.11. The van der Waals surface area contributed by atoms with Crippen molar-refractivity contribution in [2.45, 2.75) is 44.2 Å². The maximum absolute atomic E-state index is 6.02. The summed E-state index contributed by atoms with van der Waals surface area (Å²) in [5.74, 6) is 0.574. The van der Waals surface area contributed by atoms with E-state index in [0.29, 0.717) is 12.0 Å². The first-order valence-electron chi connectivity index (χ1n) is 6.66. The summed E-state index contributed by atoms with van der Waals surface area (Å²) in [5, 5.41) is 3.66. The van der Waals surface area contributed by atoms with Gasteiger partial charge >= 0.3 is 0 Å². The lowest BCUT2D eigenvalue weighted by molar-refractivity contribution is -0.0152. The molecule has 1 unspecified atom stereocenters. The number of hydrogen-bond donors (Lipinski definition) is 1. The van der Waals surface area contributed by atoms with E-state index in [0.717, 1.165) is 13.2 Å². The zero-order valence-corrected chi connectivity index (χ0v) is 10.7. The minimum Gasteiger partial charge on any atom is -0.372 e. The van der Waals surface area contributed by atoms with Gasteiger partial charge in [0.05, 0.1) is 18.2 Å². The molecule has 1 aliphatic heterocycles. The third kappa shape index (κ3) is 2.12. The Labute approximate surface area is 103 Å². The van der Waals surface area contributed by atoms with Crippen molar-refractivity contribution < 1.29 is 4.74 Å². The fraction of sp³-hybridized carbons (Fsp3) is 0.600. The number of benzene rings is 1. The highest BCUT2D eigenvalue weighted by Crippen LogP contribution is 2.42. The molecular formula is C15H21NO. The van der Waals surface area contributed by atoms with Gasteiger partial charge in [0, 0.05) is 6.54 Å². The SMILES string of the molecule is CC(C)c1ccccc1C1COC2(CC2)CN1. The van der Waals surface area contributed by atoms with Gasteiger partial charge in [-0.2, -0.15) is 0 Å². The van der Waals surface area contributed by atoms with Crippen molar-refractivity contribution in [2.75, 3.05) is 13.2 Å². The minimum atomic E-state index is 0.212. The molecule has 3 rings (SSSR count). The van der Waals surface area contributed by atoms with Gasteiger partial charge in [0.2, 0.25) is 0 Å². The zero-order chi connectivity index (χ0) is 11.9. The molecule has 1 saturated heterocycles. The van der Waals surface area contributed by atoms with Crippen LogP contribution in [0.3, 0.4) is 0 Å². The molecule has 1 saturated carbocycles. The van der Waals surface area contributed by atoms with Crippen LogP contribution in [0.25, 0.3) is 0 Å². The second kappa shape index (κ2) is 4.11. The van der Waals surface area contributed by atoms with Gasteiger partial charge in [-0.15, -0.1) is 0 Å². The van der Waals surface area contributed by atoms with E-state index in [-0.39, 0.29) is 5.60 Å². The number of rotatable bonds is 2. The van der Waals surface area contributed by atoms with Gasteiger partial charge in [-0.05, 0) is 29.9 Å². The van der Waals surface area contributed by atoms with Crippen molar-refractivity contribution in [1.29, 1.82) is 0 Å². The molecule has 1 aromatic carbocycles. The quantitative estimate of drug-likeness (QED) is 0.845. The van der Waals surface area contributed by atoms with Crippen LogP contribution >= 0.6 is 0 Å². The van der Waals surface area contributed by atoms with Crippen LogP contribution in [-0.4, -0.2) is 18.8 Å². The third-order valence-corrected chi connectivity index (χ3v) is 4.03. The van der Waals surface area contributed by atoms with E-state index < -0.39 is 0 Å². The number of morpholine rings is 1. The van der Waals surface area contributed by atoms with Crippen molar-refractivity contribution >= 4 is 0 Å². The molecule has 1 aliphatic carbocycles. The lowest BCUT2D eigenvalue weighted by Gasteiger charge is -2.32. The Morgan fingerprint density at radius 3 is 2.65 bits per heavy atom. The van der Waals surface area contributed by atoms with E-state index in [2.05, 4.69) is 43.4 Å². The molecule has 2 nitrogen and oxygen atoms in total. The first-order valence-corrected chi connectivity index (χ1v) is 6.66. The molecule has 0 radical (unpaired) electrons. The topological polar surface area (TPSA) is 21.3 Å². The first kappa shape index (κ1) is 11.2. The van der Waals surface area contributed by atoms with Crippen molar-refractivity contribution in [3.05, 3.63) is 35.4 Å². The molecule has 0 aromatic heterocycles. The third-order valence-electron chi connectivity index (χ3n) is 4.03. The van der Waals surface area contributed by atoms with E-state index >= 15 is 0 Å². The van der Waals surface area contributed by atoms with Crippen molar-refractivity contribution in [3.63, 3.8) is 0 Å². The van der Waals surface area contributed by atoms with Gasteiger partial charge < -0.3 is 10.1 Å². The molecule has 1 atom stereocenters. The number of ether oxygens (including phenoxy) is 1. The van der Waals surface area contributed by atoms with Crippen LogP contribution in [0.5, 0.6) is 0 Å². The summed E-state index contributed by atoms with van der Waals surface area (Å²) < 4.78 is 6.02. The normalized spacial score (nSPS) is 26.4. The second-order valence-corrected chi connectivity index (χ2v) is 5.71. The highest BCUT2D eigenvalue weighted by atomic mass is 16.5. The molecule has 2 heteroatoms. The number of nitrogens with one attached hydrogen (secondary N) is 1. The van der Waals surface area contributed by atoms with Crippen LogP contribution in [0.4, 0.5) is 0 Å². The van der Waals surface area contributed by atoms with Gasteiger partial charge in [-0.25, -0.2) is 0 Å². The Morgan fingerprint density at radius 2 is 2.06 bits per heavy atom. The van der Waals surface area contributed by atoms with Gasteiger partial charge in [0.15, 0.2) is 0 Å². The van der Waals surface area contributed by atoms with Crippen molar-refractivity contribution in [2.24, 2.45) is 0 Å². The molecule has 2 fully saturated rings. The maximum Gasteiger partial charge on any atom is 0.0809 e. The van der Waals surface area contributed by atoms with Gasteiger partial charge in [-0.3, -0.25) is 0 Å². The summed E-state index contributed by atoms with van der Waals surface area (Å²) in [4.78, 5) is 0. The lowest BCUT2D eigenvalue weighted by Crippen LogP contribution is -2.42. The van der Waals surface area contributed by atoms with E-state index in [9.17, 15) is 0 Å². The predicted octanol–water partition coefficient (Wildman–Crippen LogP) is 3.00. The monoisotopic (exact) mass is 231 g/mol. The van der Waals surface area contributed by atoms with E-state index in [1.165, 1.54) is 24.0 Å². The second-order valence-electron chi connectivity index (χ2n) is 5.71. The van der Waals surface area contributed by atoms with Crippen LogP contribution < -0.4 is 5.32 Å². The summed E-state index contributed by atoms with van der Waals surface area (Å²) in [6.45, 7) is 6.35. The van der Waals surface area contributed by atoms with Gasteiger partial charge in [-0.1, -0.05) is 38.1 Å². The molecular weight excluding hydrogens is 210 g/mol. The van der Waals surface area contributed by atoms with Gasteiger partial charge in [0.25, 0.3) is 0 Å². The fourth-order valence-electron chi connectivity index (χ4n) is 2.69. The average molecular weight is 231 g/mol. The molecule has 2 aliphatic rings. The van der Waals surface area contributed by atoms with Crippen molar-refractivity contribution in [3.8, 4) is 0 Å². The van der Waals surface area contributed by atoms with E-state index in [1.807, 2.05) is 0 Å². The molecule has 1 N–H and O–H groups in total. The highest BCUT2D eigenvalue weighted by Gasteiger charge is 2.47. The Morgan fingerprint density at radius 1 is 1.29 bits per heavy atom. The summed E-state index contributed by atoms with van der Waals surface area (Å²) in [6.07, 6.45) is 2.47. The van der Waals surface area contributed by atoms with E-state index in [4.69, 9.17) is 4.74 Å². The Hall–Kier alpha value is -0.860. The molecule has 1 spiro atoms. The molecule has 17 heavy (non-hydrogen) atoms. The lowest BCUT2D eigenvalue weighted by atomic mass is 9.92. The maximum atomic E-state index is 6.02. The smallest absolute Gasteiger partial charge is 0.0809 e. The molecule has 1 aromatic rings. The standard InChI is InChI=1S/C15H21NO/c1-11(2)12-5-3-4-6-13(12)14-9-17-15(7-8-15)10-16-14/h3-6,11,14,16H,7-10H2,1-2H3. The Bertz CT molecular complexity index is 399. The predicted molar refractivity (Wildman–Crippen MR) is 69.2 cm³/mol. The van der Waals surface area contributed by atoms with Crippen molar-refractivity contribution in [1.82, 2.24) is 5.32 Å². The molecule has 92 valence electrons. The fourth-order valence-corrected chi connectivity index (χ4v) is 2.69. The first-order chi connectivity index (χ1) is 8.20. The average Bonchev–Trinajstić information content (AvgIpc) is 3.10. The summed E-state index contributed by atoms with van der Waals surface area (Å²) >= 11 is 0. The van der Waals surface area contributed by atoms with Gasteiger partial charge in [0.1, 0.15) is 0 Å². The number of hydrogen-bond acceptors (Lipinski definition) is 2. The minimum absolute atomic E-state index is 0.212. The Balaban J connectivity index is 1.79.